The summed E-state index contributed by atoms with van der Waals surface area (Å²) in [4.78, 5) is 25.3. The lowest BCUT2D eigenvalue weighted by atomic mass is 9.85. The van der Waals surface area contributed by atoms with Gasteiger partial charge in [0.2, 0.25) is 5.91 Å². The third kappa shape index (κ3) is 10.9. The van der Waals surface area contributed by atoms with Crippen LogP contribution in [0.25, 0.3) is 0 Å². The van der Waals surface area contributed by atoms with Crippen molar-refractivity contribution in [3.63, 3.8) is 0 Å². The number of nitrogens with one attached hydrogen (secondary N) is 1. The summed E-state index contributed by atoms with van der Waals surface area (Å²) in [6.07, 6.45) is 14.0. The molecule has 196 valence electrons. The number of amides is 1. The number of hydrogen-bond acceptors (Lipinski definition) is 4. The van der Waals surface area contributed by atoms with Crippen LogP contribution in [0.4, 0.5) is 0 Å². The van der Waals surface area contributed by atoms with E-state index in [0.717, 1.165) is 61.7 Å². The van der Waals surface area contributed by atoms with Crippen molar-refractivity contribution in [1.29, 1.82) is 0 Å². The lowest BCUT2D eigenvalue weighted by Crippen LogP contribution is -2.25. The number of fused-ring (bicyclic) bond motifs is 8. The molecule has 1 N–H and O–H groups in total. The lowest BCUT2D eigenvalue weighted by molar-refractivity contribution is -0.123. The molecule has 1 amide bonds. The Morgan fingerprint density at radius 2 is 1.49 bits per heavy atom. The van der Waals surface area contributed by atoms with E-state index in [0.29, 0.717) is 30.5 Å². The largest absolute Gasteiger partial charge is 0.356 e. The molecule has 1 aromatic rings. The average Bonchev–Trinajstić information content (AvgIpc) is 2.86. The standard InChI is InChI=1S/C30H47NO2S2/c1-2-29(32)26-13-9-10-18-31-30(33)17-16-24-11-5-3-4-6-12-25(19-26)21-35-23-28-15-8-7-14-27(28)22-34-20-24/h7-8,14-15,24-26H,2-6,9-13,16-23H2,1H3,(H,31,33). The summed E-state index contributed by atoms with van der Waals surface area (Å²) in [5.41, 5.74) is 2.95. The van der Waals surface area contributed by atoms with Gasteiger partial charge in [-0.05, 0) is 73.0 Å². The highest BCUT2D eigenvalue weighted by atomic mass is 32.2. The topological polar surface area (TPSA) is 46.2 Å². The molecule has 0 aliphatic carbocycles. The lowest BCUT2D eigenvalue weighted by Gasteiger charge is -2.24. The van der Waals surface area contributed by atoms with Gasteiger partial charge in [0.25, 0.3) is 0 Å². The minimum Gasteiger partial charge on any atom is -0.356 e. The number of carbonyl (C=O) groups excluding carboxylic acids is 2. The van der Waals surface area contributed by atoms with E-state index in [1.54, 1.807) is 0 Å². The van der Waals surface area contributed by atoms with Crippen LogP contribution in [0, 0.1) is 17.8 Å². The van der Waals surface area contributed by atoms with Gasteiger partial charge in [-0.15, -0.1) is 0 Å². The highest BCUT2D eigenvalue weighted by Crippen LogP contribution is 2.31. The number of thioether (sulfide) groups is 2. The van der Waals surface area contributed by atoms with Crippen molar-refractivity contribution in [2.24, 2.45) is 17.8 Å². The molecule has 0 saturated carbocycles. The number of rotatable bonds is 2. The molecule has 0 spiro atoms. The number of Topliss-reactive ketones (excluding diaryl/α,β-unsaturated/α-hetero) is 1. The predicted molar refractivity (Wildman–Crippen MR) is 153 cm³/mol. The Morgan fingerprint density at radius 3 is 2.17 bits per heavy atom. The molecule has 3 atom stereocenters. The minimum absolute atomic E-state index is 0.190. The van der Waals surface area contributed by atoms with Crippen LogP contribution >= 0.6 is 23.5 Å². The summed E-state index contributed by atoms with van der Waals surface area (Å²) < 4.78 is 0. The number of hydrogen-bond donors (Lipinski definition) is 1. The van der Waals surface area contributed by atoms with Gasteiger partial charge >= 0.3 is 0 Å². The zero-order chi connectivity index (χ0) is 24.7. The van der Waals surface area contributed by atoms with Crippen LogP contribution in [0.1, 0.15) is 102 Å². The maximum Gasteiger partial charge on any atom is 0.220 e. The van der Waals surface area contributed by atoms with E-state index in [4.69, 9.17) is 0 Å². The van der Waals surface area contributed by atoms with Crippen LogP contribution in [0.5, 0.6) is 0 Å². The van der Waals surface area contributed by atoms with Gasteiger partial charge in [-0.3, -0.25) is 9.59 Å². The molecule has 1 saturated heterocycles. The van der Waals surface area contributed by atoms with Gasteiger partial charge in [0, 0.05) is 36.8 Å². The molecule has 0 aromatic heterocycles. The third-order valence-electron chi connectivity index (χ3n) is 7.82. The van der Waals surface area contributed by atoms with E-state index in [2.05, 4.69) is 53.1 Å². The summed E-state index contributed by atoms with van der Waals surface area (Å²) in [5.74, 6) is 6.55. The van der Waals surface area contributed by atoms with Crippen molar-refractivity contribution in [1.82, 2.24) is 5.32 Å². The zero-order valence-electron chi connectivity index (χ0n) is 21.9. The van der Waals surface area contributed by atoms with E-state index < -0.39 is 0 Å². The second kappa shape index (κ2) is 16.7. The van der Waals surface area contributed by atoms with Crippen molar-refractivity contribution in [3.8, 4) is 0 Å². The summed E-state index contributed by atoms with van der Waals surface area (Å²) in [6, 6.07) is 8.95. The molecule has 2 aliphatic rings. The molecule has 0 radical (unpaired) electrons. The van der Waals surface area contributed by atoms with Crippen molar-refractivity contribution in [2.45, 2.75) is 102 Å². The van der Waals surface area contributed by atoms with Crippen LogP contribution < -0.4 is 5.32 Å². The van der Waals surface area contributed by atoms with Crippen molar-refractivity contribution in [2.75, 3.05) is 18.1 Å². The Balaban J connectivity index is 1.78. The summed E-state index contributed by atoms with van der Waals surface area (Å²) in [7, 11) is 0. The van der Waals surface area contributed by atoms with Gasteiger partial charge in [0.1, 0.15) is 5.78 Å². The Bertz CT molecular complexity index is 768. The molecule has 3 nitrogen and oxygen atoms in total. The predicted octanol–water partition coefficient (Wildman–Crippen LogP) is 7.81. The molecule has 5 heteroatoms. The van der Waals surface area contributed by atoms with E-state index in [1.807, 2.05) is 6.92 Å². The van der Waals surface area contributed by atoms with Gasteiger partial charge in [-0.2, -0.15) is 23.5 Å². The molecule has 1 fully saturated rings. The van der Waals surface area contributed by atoms with E-state index in [9.17, 15) is 9.59 Å². The Kier molecular flexibility index (Phi) is 13.7. The summed E-state index contributed by atoms with van der Waals surface area (Å²) in [6.45, 7) is 2.77. The molecule has 35 heavy (non-hydrogen) atoms. The van der Waals surface area contributed by atoms with E-state index in [1.165, 1.54) is 49.7 Å². The first-order valence-electron chi connectivity index (χ1n) is 14.2. The third-order valence-corrected chi connectivity index (χ3v) is 10.3. The van der Waals surface area contributed by atoms with Crippen molar-refractivity contribution >= 4 is 35.2 Å². The van der Waals surface area contributed by atoms with Gasteiger partial charge < -0.3 is 5.32 Å². The fourth-order valence-electron chi connectivity index (χ4n) is 5.58. The highest BCUT2D eigenvalue weighted by molar-refractivity contribution is 7.98. The molecule has 2 bridgehead atoms. The van der Waals surface area contributed by atoms with Crippen LogP contribution in [-0.4, -0.2) is 29.7 Å². The second-order valence-electron chi connectivity index (χ2n) is 10.7. The Morgan fingerprint density at radius 1 is 0.857 bits per heavy atom. The van der Waals surface area contributed by atoms with Crippen LogP contribution in [-0.2, 0) is 21.1 Å². The monoisotopic (exact) mass is 517 g/mol. The molecule has 3 unspecified atom stereocenters. The number of ketones is 1. The fourth-order valence-corrected chi connectivity index (χ4v) is 8.12. The summed E-state index contributed by atoms with van der Waals surface area (Å²) in [5, 5.41) is 3.15. The summed E-state index contributed by atoms with van der Waals surface area (Å²) >= 11 is 4.13. The number of carbonyl (C=O) groups is 2. The van der Waals surface area contributed by atoms with Gasteiger partial charge in [0.15, 0.2) is 0 Å². The van der Waals surface area contributed by atoms with E-state index >= 15 is 0 Å². The van der Waals surface area contributed by atoms with Crippen molar-refractivity contribution < 1.29 is 9.59 Å². The van der Waals surface area contributed by atoms with Gasteiger partial charge in [0.05, 0.1) is 0 Å². The second-order valence-corrected chi connectivity index (χ2v) is 12.7. The van der Waals surface area contributed by atoms with E-state index in [-0.39, 0.29) is 11.8 Å². The van der Waals surface area contributed by atoms with Gasteiger partial charge in [-0.1, -0.05) is 63.3 Å². The zero-order valence-corrected chi connectivity index (χ0v) is 23.5. The maximum atomic E-state index is 12.8. The van der Waals surface area contributed by atoms with Crippen LogP contribution in [0.2, 0.25) is 0 Å². The molecule has 1 aromatic carbocycles. The SMILES string of the molecule is CCC(=O)C1CCCCNC(=O)CCC2CCCCCCC(CSCc3ccccc3CSC2)C1. The minimum atomic E-state index is 0.190. The normalized spacial score (nSPS) is 26.8. The van der Waals surface area contributed by atoms with Gasteiger partial charge in [-0.25, -0.2) is 0 Å². The Hall–Kier alpha value is -0.940. The molecular formula is C30H47NO2S2. The maximum absolute atomic E-state index is 12.8. The van der Waals surface area contributed by atoms with Crippen molar-refractivity contribution in [3.05, 3.63) is 35.4 Å². The smallest absolute Gasteiger partial charge is 0.220 e. The molecular weight excluding hydrogens is 470 g/mol. The van der Waals surface area contributed by atoms with Crippen LogP contribution in [0.15, 0.2) is 24.3 Å². The first-order chi connectivity index (χ1) is 17.2. The average molecular weight is 518 g/mol. The van der Waals surface area contributed by atoms with Crippen LogP contribution in [0.3, 0.4) is 0 Å². The molecule has 2 aliphatic heterocycles. The fraction of sp³-hybridized carbons (Fsp3) is 0.733. The first kappa shape index (κ1) is 28.6. The quantitative estimate of drug-likeness (QED) is 0.435. The highest BCUT2D eigenvalue weighted by Gasteiger charge is 2.22. The first-order valence-corrected chi connectivity index (χ1v) is 16.5. The Labute approximate surface area is 222 Å². The molecule has 3 rings (SSSR count). The number of benzene rings is 1. The molecule has 2 heterocycles.